The second-order valence-electron chi connectivity index (χ2n) is 5.40. The van der Waals surface area contributed by atoms with E-state index in [9.17, 15) is 24.9 Å². The van der Waals surface area contributed by atoms with Crippen molar-refractivity contribution in [3.63, 3.8) is 0 Å². The average Bonchev–Trinajstić information content (AvgIpc) is 2.32. The van der Waals surface area contributed by atoms with Crippen LogP contribution in [0.5, 0.6) is 0 Å². The minimum Gasteiger partial charge on any atom is -0.509 e. The van der Waals surface area contributed by atoms with Crippen LogP contribution in [0.25, 0.3) is 0 Å². The molecule has 1 amide bonds. The van der Waals surface area contributed by atoms with Crippen LogP contribution in [0.4, 0.5) is 0 Å². The van der Waals surface area contributed by atoms with E-state index in [-0.39, 0.29) is 0 Å². The fourth-order valence-corrected chi connectivity index (χ4v) is 3.11. The number of allylic oxidation sites excluding steroid dienone is 1. The Hall–Kier alpha value is -1.86. The molecule has 7 nitrogen and oxygen atoms in total. The number of hydrogen-bond acceptors (Lipinski definition) is 6. The molecule has 0 aliphatic heterocycles. The molecule has 0 aromatic carbocycles. The number of rotatable bonds is 2. The van der Waals surface area contributed by atoms with Gasteiger partial charge in [-0.2, -0.15) is 0 Å². The molecule has 0 spiro atoms. The van der Waals surface area contributed by atoms with Crippen molar-refractivity contribution in [3.8, 4) is 0 Å². The van der Waals surface area contributed by atoms with Gasteiger partial charge in [-0.05, 0) is 33.0 Å². The number of carbonyl (C=O) groups excluding carboxylic acids is 2. The Morgan fingerprint density at radius 1 is 1.45 bits per heavy atom. The fourth-order valence-electron chi connectivity index (χ4n) is 3.11. The van der Waals surface area contributed by atoms with Crippen molar-refractivity contribution >= 4 is 11.7 Å². The molecule has 0 heterocycles. The third-order valence-electron chi connectivity index (χ3n) is 4.04. The van der Waals surface area contributed by atoms with Gasteiger partial charge in [-0.15, -0.1) is 0 Å². The summed E-state index contributed by atoms with van der Waals surface area (Å²) in [7, 11) is 3.25. The number of Topliss-reactive ketones (excluding diaryl/α,β-unsaturated/α-hetero) is 1. The monoisotopic (exact) mass is 282 g/mol. The number of primary amides is 1. The lowest BCUT2D eigenvalue weighted by Gasteiger charge is -2.46. The Kier molecular flexibility index (Phi) is 3.35. The normalized spacial score (nSPS) is 34.0. The van der Waals surface area contributed by atoms with Crippen molar-refractivity contribution in [2.24, 2.45) is 11.7 Å². The van der Waals surface area contributed by atoms with E-state index in [4.69, 9.17) is 5.73 Å². The minimum absolute atomic E-state index is 0.394. The number of nitrogens with zero attached hydrogens (tertiary/aromatic N) is 1. The van der Waals surface area contributed by atoms with Gasteiger partial charge in [-0.3, -0.25) is 14.5 Å². The number of hydrogen-bond donors (Lipinski definition) is 4. The number of amides is 1. The van der Waals surface area contributed by atoms with Gasteiger partial charge in [0, 0.05) is 5.92 Å². The summed E-state index contributed by atoms with van der Waals surface area (Å²) in [4.78, 5) is 25.3. The topological polar surface area (TPSA) is 124 Å². The Bertz CT molecular complexity index is 537. The largest absolute Gasteiger partial charge is 0.509 e. The highest BCUT2D eigenvalue weighted by molar-refractivity contribution is 6.22. The van der Waals surface area contributed by atoms with E-state index in [1.807, 2.05) is 0 Å². The summed E-state index contributed by atoms with van der Waals surface area (Å²) >= 11 is 0. The molecule has 3 atom stereocenters. The molecule has 2 aliphatic carbocycles. The molecule has 0 aromatic heterocycles. The van der Waals surface area contributed by atoms with Gasteiger partial charge in [0.25, 0.3) is 5.91 Å². The van der Waals surface area contributed by atoms with Crippen molar-refractivity contribution in [1.82, 2.24) is 4.90 Å². The van der Waals surface area contributed by atoms with E-state index in [1.54, 1.807) is 19.0 Å². The molecule has 0 fully saturated rings. The van der Waals surface area contributed by atoms with Crippen LogP contribution in [0, 0.1) is 5.92 Å². The maximum absolute atomic E-state index is 12.4. The molecule has 20 heavy (non-hydrogen) atoms. The molecule has 2 unspecified atom stereocenters. The summed E-state index contributed by atoms with van der Waals surface area (Å²) in [6.07, 6.45) is 2.23. The standard InChI is InChI=1S/C13H18N2O5/c1-15(2)9-6-4-3-5-7(16)13(6,20)11(18)8(10(9)17)12(14)19/h5-6,9,16,18,20H,3-4H2,1-2H3,(H2,14,19)/t6?,9?,13-/m0/s1. The number of fused-ring (bicyclic) bond motifs is 1. The number of likely N-dealkylation sites (N-methyl/N-ethyl adjacent to an activating group) is 1. The van der Waals surface area contributed by atoms with Crippen molar-refractivity contribution < 1.29 is 24.9 Å². The Morgan fingerprint density at radius 2 is 2.05 bits per heavy atom. The fraction of sp³-hybridized carbons (Fsp3) is 0.538. The number of aliphatic hydroxyl groups excluding tert-OH is 2. The summed E-state index contributed by atoms with van der Waals surface area (Å²) in [5.74, 6) is -3.80. The van der Waals surface area contributed by atoms with E-state index < -0.39 is 46.3 Å². The lowest BCUT2D eigenvalue weighted by molar-refractivity contribution is -0.135. The Balaban J connectivity index is 2.72. The lowest BCUT2D eigenvalue weighted by atomic mass is 9.66. The summed E-state index contributed by atoms with van der Waals surface area (Å²) < 4.78 is 0. The molecule has 7 heteroatoms. The Labute approximate surface area is 116 Å². The zero-order chi connectivity index (χ0) is 15.2. The zero-order valence-corrected chi connectivity index (χ0v) is 11.3. The molecule has 0 saturated heterocycles. The van der Waals surface area contributed by atoms with Gasteiger partial charge in [-0.25, -0.2) is 0 Å². The summed E-state index contributed by atoms with van der Waals surface area (Å²) in [5, 5.41) is 30.7. The van der Waals surface area contributed by atoms with Gasteiger partial charge >= 0.3 is 0 Å². The van der Waals surface area contributed by atoms with Crippen LogP contribution in [0.1, 0.15) is 12.8 Å². The van der Waals surface area contributed by atoms with E-state index in [2.05, 4.69) is 0 Å². The van der Waals surface area contributed by atoms with Crippen LogP contribution in [-0.4, -0.2) is 57.6 Å². The molecule has 2 aliphatic rings. The summed E-state index contributed by atoms with van der Waals surface area (Å²) in [6, 6.07) is -0.839. The van der Waals surface area contributed by atoms with E-state index in [0.717, 1.165) is 0 Å². The first-order chi connectivity index (χ1) is 9.22. The van der Waals surface area contributed by atoms with Crippen LogP contribution in [0.15, 0.2) is 23.2 Å². The van der Waals surface area contributed by atoms with Crippen LogP contribution >= 0.6 is 0 Å². The third kappa shape index (κ3) is 1.74. The highest BCUT2D eigenvalue weighted by Crippen LogP contribution is 2.45. The summed E-state index contributed by atoms with van der Waals surface area (Å²) in [6.45, 7) is 0. The molecule has 2 rings (SSSR count). The lowest BCUT2D eigenvalue weighted by Crippen LogP contribution is -2.60. The number of carbonyl (C=O) groups is 2. The molecular weight excluding hydrogens is 264 g/mol. The van der Waals surface area contributed by atoms with Crippen LogP contribution in [0.2, 0.25) is 0 Å². The van der Waals surface area contributed by atoms with Gasteiger partial charge in [0.2, 0.25) is 0 Å². The first kappa shape index (κ1) is 14.5. The highest BCUT2D eigenvalue weighted by Gasteiger charge is 2.58. The van der Waals surface area contributed by atoms with Crippen molar-refractivity contribution in [2.75, 3.05) is 14.1 Å². The van der Waals surface area contributed by atoms with Crippen molar-refractivity contribution in [2.45, 2.75) is 24.5 Å². The molecular formula is C13H18N2O5. The molecule has 0 radical (unpaired) electrons. The smallest absolute Gasteiger partial charge is 0.255 e. The van der Waals surface area contributed by atoms with E-state index >= 15 is 0 Å². The van der Waals surface area contributed by atoms with Gasteiger partial charge in [-0.1, -0.05) is 0 Å². The molecule has 0 aromatic rings. The summed E-state index contributed by atoms with van der Waals surface area (Å²) in [5.41, 5.74) is 2.35. The second-order valence-corrected chi connectivity index (χ2v) is 5.40. The van der Waals surface area contributed by atoms with Crippen LogP contribution in [0.3, 0.4) is 0 Å². The average molecular weight is 282 g/mol. The Morgan fingerprint density at radius 3 is 2.55 bits per heavy atom. The van der Waals surface area contributed by atoms with E-state index in [0.29, 0.717) is 12.8 Å². The molecule has 0 bridgehead atoms. The zero-order valence-electron chi connectivity index (χ0n) is 11.3. The quantitative estimate of drug-likeness (QED) is 0.500. The van der Waals surface area contributed by atoms with Crippen molar-refractivity contribution in [3.05, 3.63) is 23.2 Å². The van der Waals surface area contributed by atoms with Crippen LogP contribution < -0.4 is 5.73 Å². The van der Waals surface area contributed by atoms with E-state index in [1.165, 1.54) is 6.08 Å². The maximum atomic E-state index is 12.4. The molecule has 110 valence electrons. The first-order valence-electron chi connectivity index (χ1n) is 6.29. The van der Waals surface area contributed by atoms with Gasteiger partial charge in [0.15, 0.2) is 11.4 Å². The van der Waals surface area contributed by atoms with Crippen LogP contribution in [-0.2, 0) is 9.59 Å². The third-order valence-corrected chi connectivity index (χ3v) is 4.04. The number of ketones is 1. The molecule has 5 N–H and O–H groups in total. The minimum atomic E-state index is -2.13. The first-order valence-corrected chi connectivity index (χ1v) is 6.29. The van der Waals surface area contributed by atoms with Crippen molar-refractivity contribution in [1.29, 1.82) is 0 Å². The molecule has 0 saturated carbocycles. The van der Waals surface area contributed by atoms with Gasteiger partial charge in [0.05, 0.1) is 6.04 Å². The number of nitrogens with two attached hydrogens (primary N) is 1. The van der Waals surface area contributed by atoms with Gasteiger partial charge in [0.1, 0.15) is 17.1 Å². The predicted molar refractivity (Wildman–Crippen MR) is 69.7 cm³/mol. The van der Waals surface area contributed by atoms with Gasteiger partial charge < -0.3 is 21.1 Å². The predicted octanol–water partition coefficient (Wildman–Crippen LogP) is -0.620. The SMILES string of the molecule is CN(C)C1C(=O)C(C(N)=O)=C(O)[C@@]2(O)C(O)=CCCC12. The highest BCUT2D eigenvalue weighted by atomic mass is 16.4. The number of aliphatic hydroxyl groups is 3. The second kappa shape index (κ2) is 4.60. The maximum Gasteiger partial charge on any atom is 0.255 e.